The smallest absolute Gasteiger partial charge is 0.253 e. The Balaban J connectivity index is 1.49. The van der Waals surface area contributed by atoms with Crippen LogP contribution >= 0.6 is 11.6 Å². The number of carbonyl (C=O) groups excluding carboxylic acids is 2. The zero-order valence-electron chi connectivity index (χ0n) is 17.4. The number of carbonyl (C=O) groups is 2. The number of amides is 2. The van der Waals surface area contributed by atoms with Crippen molar-refractivity contribution in [3.63, 3.8) is 0 Å². The van der Waals surface area contributed by atoms with Gasteiger partial charge in [-0.1, -0.05) is 54.1 Å². The van der Waals surface area contributed by atoms with Crippen LogP contribution in [0.1, 0.15) is 34.3 Å². The Morgan fingerprint density at radius 1 is 0.968 bits per heavy atom. The molecule has 6 heteroatoms. The Labute approximate surface area is 187 Å². The van der Waals surface area contributed by atoms with Gasteiger partial charge in [0.05, 0.1) is 17.9 Å². The highest BCUT2D eigenvalue weighted by Gasteiger charge is 2.13. The molecule has 31 heavy (non-hydrogen) atoms. The van der Waals surface area contributed by atoms with Gasteiger partial charge in [-0.3, -0.25) is 9.59 Å². The molecule has 0 unspecified atom stereocenters. The van der Waals surface area contributed by atoms with E-state index in [2.05, 4.69) is 10.6 Å². The number of halogens is 1. The van der Waals surface area contributed by atoms with Crippen molar-refractivity contribution < 1.29 is 14.3 Å². The molecule has 0 saturated heterocycles. The van der Waals surface area contributed by atoms with Gasteiger partial charge in [-0.15, -0.1) is 0 Å². The average molecular weight is 437 g/mol. The molecule has 0 atom stereocenters. The standard InChI is InChI=1S/C25H25ClN2O3/c1-18-16-20(26)13-14-23(18)31-15-7-12-24(29)28-22-11-6-5-10-21(22)25(30)27-17-19-8-3-2-4-9-19/h2-6,8-11,13-14,16H,7,12,15,17H2,1H3,(H,27,30)(H,28,29). The average Bonchev–Trinajstić information content (AvgIpc) is 2.77. The van der Waals surface area contributed by atoms with E-state index in [1.54, 1.807) is 30.3 Å². The number of aryl methyl sites for hydroxylation is 1. The number of benzene rings is 3. The molecule has 0 aliphatic carbocycles. The first-order valence-electron chi connectivity index (χ1n) is 10.1. The lowest BCUT2D eigenvalue weighted by atomic mass is 10.1. The van der Waals surface area contributed by atoms with E-state index >= 15 is 0 Å². The van der Waals surface area contributed by atoms with Crippen LogP contribution in [0.25, 0.3) is 0 Å². The number of para-hydroxylation sites is 1. The molecule has 3 rings (SSSR count). The molecule has 0 saturated carbocycles. The van der Waals surface area contributed by atoms with Crippen molar-refractivity contribution in [2.75, 3.05) is 11.9 Å². The highest BCUT2D eigenvalue weighted by atomic mass is 35.5. The van der Waals surface area contributed by atoms with Crippen LogP contribution in [0.3, 0.4) is 0 Å². The minimum Gasteiger partial charge on any atom is -0.493 e. The first-order chi connectivity index (χ1) is 15.0. The van der Waals surface area contributed by atoms with Gasteiger partial charge in [-0.2, -0.15) is 0 Å². The van der Waals surface area contributed by atoms with E-state index in [1.807, 2.05) is 49.4 Å². The van der Waals surface area contributed by atoms with Crippen molar-refractivity contribution in [2.45, 2.75) is 26.3 Å². The summed E-state index contributed by atoms with van der Waals surface area (Å²) in [6.07, 6.45) is 0.836. The quantitative estimate of drug-likeness (QED) is 0.443. The fourth-order valence-corrected chi connectivity index (χ4v) is 3.29. The lowest BCUT2D eigenvalue weighted by Crippen LogP contribution is -2.24. The summed E-state index contributed by atoms with van der Waals surface area (Å²) >= 11 is 5.95. The number of anilines is 1. The Kier molecular flexibility index (Phi) is 8.07. The molecule has 2 N–H and O–H groups in total. The van der Waals surface area contributed by atoms with Gasteiger partial charge >= 0.3 is 0 Å². The van der Waals surface area contributed by atoms with Crippen LogP contribution in [0.4, 0.5) is 5.69 Å². The Bertz CT molecular complexity index is 1040. The summed E-state index contributed by atoms with van der Waals surface area (Å²) in [5, 5.41) is 6.39. The first kappa shape index (κ1) is 22.4. The fourth-order valence-electron chi connectivity index (χ4n) is 3.07. The molecule has 0 bridgehead atoms. The Morgan fingerprint density at radius 3 is 2.48 bits per heavy atom. The molecule has 5 nitrogen and oxygen atoms in total. The van der Waals surface area contributed by atoms with Crippen LogP contribution in [0.5, 0.6) is 5.75 Å². The molecule has 0 aliphatic rings. The maximum Gasteiger partial charge on any atom is 0.253 e. The van der Waals surface area contributed by atoms with E-state index in [0.717, 1.165) is 16.9 Å². The van der Waals surface area contributed by atoms with E-state index < -0.39 is 0 Å². The van der Waals surface area contributed by atoms with Gasteiger partial charge in [0.15, 0.2) is 0 Å². The van der Waals surface area contributed by atoms with Gasteiger partial charge < -0.3 is 15.4 Å². The minimum atomic E-state index is -0.235. The molecule has 0 aromatic heterocycles. The monoisotopic (exact) mass is 436 g/mol. The zero-order chi connectivity index (χ0) is 22.1. The molecule has 0 radical (unpaired) electrons. The third-order valence-corrected chi connectivity index (χ3v) is 4.92. The van der Waals surface area contributed by atoms with Gasteiger partial charge in [0.1, 0.15) is 5.75 Å². The highest BCUT2D eigenvalue weighted by Crippen LogP contribution is 2.22. The topological polar surface area (TPSA) is 67.4 Å². The lowest BCUT2D eigenvalue weighted by molar-refractivity contribution is -0.116. The summed E-state index contributed by atoms with van der Waals surface area (Å²) < 4.78 is 5.73. The summed E-state index contributed by atoms with van der Waals surface area (Å²) in [5.74, 6) is 0.353. The van der Waals surface area contributed by atoms with E-state index in [4.69, 9.17) is 16.3 Å². The van der Waals surface area contributed by atoms with E-state index in [9.17, 15) is 9.59 Å². The third kappa shape index (κ3) is 6.86. The molecular weight excluding hydrogens is 412 g/mol. The van der Waals surface area contributed by atoms with Gasteiger partial charge in [0, 0.05) is 18.0 Å². The van der Waals surface area contributed by atoms with Crippen molar-refractivity contribution >= 4 is 29.1 Å². The van der Waals surface area contributed by atoms with Crippen LogP contribution in [0.2, 0.25) is 5.02 Å². The molecule has 2 amide bonds. The molecular formula is C25H25ClN2O3. The SMILES string of the molecule is Cc1cc(Cl)ccc1OCCCC(=O)Nc1ccccc1C(=O)NCc1ccccc1. The molecule has 0 aliphatic heterocycles. The summed E-state index contributed by atoms with van der Waals surface area (Å²) in [5.41, 5.74) is 2.88. The number of hydrogen-bond donors (Lipinski definition) is 2. The molecule has 3 aromatic rings. The second-order valence-electron chi connectivity index (χ2n) is 7.12. The normalized spacial score (nSPS) is 10.4. The molecule has 3 aromatic carbocycles. The van der Waals surface area contributed by atoms with Crippen LogP contribution in [0.15, 0.2) is 72.8 Å². The first-order valence-corrected chi connectivity index (χ1v) is 10.5. The third-order valence-electron chi connectivity index (χ3n) is 4.68. The second kappa shape index (κ2) is 11.2. The van der Waals surface area contributed by atoms with Gasteiger partial charge in [-0.25, -0.2) is 0 Å². The Morgan fingerprint density at radius 2 is 1.71 bits per heavy atom. The van der Waals surface area contributed by atoms with Crippen LogP contribution in [-0.2, 0) is 11.3 Å². The largest absolute Gasteiger partial charge is 0.493 e. The van der Waals surface area contributed by atoms with Crippen molar-refractivity contribution in [3.05, 3.63) is 94.5 Å². The summed E-state index contributed by atoms with van der Waals surface area (Å²) in [7, 11) is 0. The van der Waals surface area contributed by atoms with Crippen molar-refractivity contribution in [1.29, 1.82) is 0 Å². The van der Waals surface area contributed by atoms with Crippen molar-refractivity contribution in [1.82, 2.24) is 5.32 Å². The minimum absolute atomic E-state index is 0.167. The predicted molar refractivity (Wildman–Crippen MR) is 124 cm³/mol. The maximum absolute atomic E-state index is 12.6. The van der Waals surface area contributed by atoms with E-state index in [-0.39, 0.29) is 18.2 Å². The number of ether oxygens (including phenoxy) is 1. The fraction of sp³-hybridized carbons (Fsp3) is 0.200. The van der Waals surface area contributed by atoms with E-state index in [0.29, 0.717) is 35.8 Å². The summed E-state index contributed by atoms with van der Waals surface area (Å²) in [6.45, 7) is 2.76. The van der Waals surface area contributed by atoms with Gasteiger partial charge in [-0.05, 0) is 54.8 Å². The van der Waals surface area contributed by atoms with Gasteiger partial charge in [0.2, 0.25) is 5.91 Å². The zero-order valence-corrected chi connectivity index (χ0v) is 18.1. The second-order valence-corrected chi connectivity index (χ2v) is 7.56. The number of nitrogens with one attached hydrogen (secondary N) is 2. The molecule has 160 valence electrons. The van der Waals surface area contributed by atoms with Gasteiger partial charge in [0.25, 0.3) is 5.91 Å². The highest BCUT2D eigenvalue weighted by molar-refractivity contribution is 6.30. The van der Waals surface area contributed by atoms with E-state index in [1.165, 1.54) is 0 Å². The lowest BCUT2D eigenvalue weighted by Gasteiger charge is -2.12. The number of rotatable bonds is 9. The van der Waals surface area contributed by atoms with Crippen molar-refractivity contribution in [2.24, 2.45) is 0 Å². The number of hydrogen-bond acceptors (Lipinski definition) is 3. The van der Waals surface area contributed by atoms with Crippen LogP contribution < -0.4 is 15.4 Å². The molecule has 0 spiro atoms. The molecule has 0 heterocycles. The van der Waals surface area contributed by atoms with Crippen LogP contribution in [-0.4, -0.2) is 18.4 Å². The predicted octanol–water partition coefficient (Wildman–Crippen LogP) is 5.38. The van der Waals surface area contributed by atoms with Crippen LogP contribution in [0, 0.1) is 6.92 Å². The van der Waals surface area contributed by atoms with Crippen molar-refractivity contribution in [3.8, 4) is 5.75 Å². The summed E-state index contributed by atoms with van der Waals surface area (Å²) in [4.78, 5) is 25.0. The summed E-state index contributed by atoms with van der Waals surface area (Å²) in [6, 6.07) is 22.1. The Hall–Kier alpha value is -3.31. The maximum atomic E-state index is 12.6. The molecule has 0 fully saturated rings.